The van der Waals surface area contributed by atoms with Gasteiger partial charge in [0.15, 0.2) is 0 Å². The molecule has 0 aliphatic carbocycles. The summed E-state index contributed by atoms with van der Waals surface area (Å²) in [6.45, 7) is 2.41. The number of ether oxygens (including phenoxy) is 1. The molecule has 1 fully saturated rings. The normalized spacial score (nSPS) is 23.0. The number of nitrogens with zero attached hydrogens (tertiary/aromatic N) is 1. The predicted octanol–water partition coefficient (Wildman–Crippen LogP) is 3.53. The van der Waals surface area contributed by atoms with Crippen LogP contribution in [0, 0.1) is 0 Å². The molecule has 0 aromatic heterocycles. The summed E-state index contributed by atoms with van der Waals surface area (Å²) in [6, 6.07) is 2.64. The Kier molecular flexibility index (Phi) is 5.45. The highest BCUT2D eigenvalue weighted by molar-refractivity contribution is 7.89. The summed E-state index contributed by atoms with van der Waals surface area (Å²) in [7, 11) is -2.19. The highest BCUT2D eigenvalue weighted by atomic mass is 35.5. The zero-order valence-electron chi connectivity index (χ0n) is 11.6. The molecule has 1 saturated heterocycles. The molecule has 0 saturated carbocycles. The Balaban J connectivity index is 2.44. The van der Waals surface area contributed by atoms with Gasteiger partial charge in [-0.1, -0.05) is 23.2 Å². The second-order valence-electron chi connectivity index (χ2n) is 4.96. The van der Waals surface area contributed by atoms with Crippen LogP contribution in [0.4, 0.5) is 0 Å². The fourth-order valence-corrected chi connectivity index (χ4v) is 4.97. The maximum absolute atomic E-state index is 12.8. The predicted molar refractivity (Wildman–Crippen MR) is 84.8 cm³/mol. The molecule has 1 heterocycles. The molecular weight excluding hydrogens is 357 g/mol. The first-order chi connectivity index (χ1) is 9.78. The molecule has 2 rings (SSSR count). The van der Waals surface area contributed by atoms with E-state index < -0.39 is 10.0 Å². The molecule has 118 valence electrons. The first kappa shape index (κ1) is 17.3. The van der Waals surface area contributed by atoms with Gasteiger partial charge in [-0.05, 0) is 31.0 Å². The second-order valence-corrected chi connectivity index (χ2v) is 8.01. The van der Waals surface area contributed by atoms with Crippen LogP contribution in [-0.2, 0) is 20.6 Å². The highest BCUT2D eigenvalue weighted by Gasteiger charge is 2.36. The van der Waals surface area contributed by atoms with Crippen LogP contribution in [0.25, 0.3) is 0 Å². The fourth-order valence-electron chi connectivity index (χ4n) is 2.40. The fraction of sp³-hybridized carbons (Fsp3) is 0.538. The summed E-state index contributed by atoms with van der Waals surface area (Å²) < 4.78 is 32.3. The number of benzene rings is 1. The van der Waals surface area contributed by atoms with Crippen LogP contribution < -0.4 is 0 Å². The average Bonchev–Trinajstić information content (AvgIpc) is 2.83. The Bertz CT molecular complexity index is 636. The van der Waals surface area contributed by atoms with E-state index in [0.717, 1.165) is 0 Å². The van der Waals surface area contributed by atoms with E-state index in [4.69, 9.17) is 39.5 Å². The Morgan fingerprint density at radius 2 is 2.00 bits per heavy atom. The van der Waals surface area contributed by atoms with Gasteiger partial charge in [0.05, 0.1) is 17.2 Å². The van der Waals surface area contributed by atoms with Crippen molar-refractivity contribution in [2.45, 2.75) is 36.3 Å². The summed E-state index contributed by atoms with van der Waals surface area (Å²) in [5.41, 5.74) is 0.533. The SMILES string of the molecule is CC1OCCC1N(C)S(=O)(=O)c1cc(CCl)c(Cl)cc1Cl. The Labute approximate surface area is 140 Å². The summed E-state index contributed by atoms with van der Waals surface area (Å²) in [4.78, 5) is 0.0193. The van der Waals surface area contributed by atoms with Crippen LogP contribution in [0.5, 0.6) is 0 Å². The molecule has 0 amide bonds. The van der Waals surface area contributed by atoms with E-state index in [1.54, 1.807) is 0 Å². The van der Waals surface area contributed by atoms with E-state index in [1.165, 1.54) is 23.5 Å². The van der Waals surface area contributed by atoms with Crippen molar-refractivity contribution < 1.29 is 13.2 Å². The Morgan fingerprint density at radius 1 is 1.33 bits per heavy atom. The average molecular weight is 373 g/mol. The van der Waals surface area contributed by atoms with E-state index in [2.05, 4.69) is 0 Å². The van der Waals surface area contributed by atoms with Crippen molar-refractivity contribution in [1.29, 1.82) is 0 Å². The van der Waals surface area contributed by atoms with Crippen LogP contribution in [0.2, 0.25) is 10.0 Å². The number of sulfonamides is 1. The third kappa shape index (κ3) is 3.33. The monoisotopic (exact) mass is 371 g/mol. The van der Waals surface area contributed by atoms with Crippen molar-refractivity contribution in [2.24, 2.45) is 0 Å². The lowest BCUT2D eigenvalue weighted by atomic mass is 10.2. The number of rotatable bonds is 4. The molecule has 2 unspecified atom stereocenters. The van der Waals surface area contributed by atoms with Crippen molar-refractivity contribution in [3.63, 3.8) is 0 Å². The van der Waals surface area contributed by atoms with Crippen LogP contribution in [0.1, 0.15) is 18.9 Å². The molecule has 1 aromatic rings. The standard InChI is InChI=1S/C13H16Cl3NO3S/c1-8-12(3-4-20-8)17(2)21(18,19)13-5-9(7-14)10(15)6-11(13)16/h5-6,8,12H,3-4,7H2,1-2H3. The van der Waals surface area contributed by atoms with E-state index in [1.807, 2.05) is 6.92 Å². The maximum atomic E-state index is 12.8. The summed E-state index contributed by atoms with van der Waals surface area (Å²) in [5, 5.41) is 0.446. The maximum Gasteiger partial charge on any atom is 0.244 e. The third-order valence-electron chi connectivity index (χ3n) is 3.71. The van der Waals surface area contributed by atoms with E-state index >= 15 is 0 Å². The number of hydrogen-bond acceptors (Lipinski definition) is 3. The minimum atomic E-state index is -3.73. The number of halogens is 3. The molecule has 0 bridgehead atoms. The van der Waals surface area contributed by atoms with E-state index in [9.17, 15) is 8.42 Å². The van der Waals surface area contributed by atoms with Crippen molar-refractivity contribution in [2.75, 3.05) is 13.7 Å². The molecule has 21 heavy (non-hydrogen) atoms. The van der Waals surface area contributed by atoms with E-state index in [-0.39, 0.29) is 27.9 Å². The van der Waals surface area contributed by atoms with Gasteiger partial charge in [0.1, 0.15) is 4.90 Å². The molecule has 1 aromatic carbocycles. The minimum Gasteiger partial charge on any atom is -0.377 e. The second kappa shape index (κ2) is 6.60. The first-order valence-corrected chi connectivity index (χ1v) is 9.15. The van der Waals surface area contributed by atoms with E-state index in [0.29, 0.717) is 23.6 Å². The lowest BCUT2D eigenvalue weighted by molar-refractivity contribution is 0.102. The molecule has 0 radical (unpaired) electrons. The minimum absolute atomic E-state index is 0.0193. The van der Waals surface area contributed by atoms with Gasteiger partial charge < -0.3 is 4.74 Å². The molecule has 1 aliphatic rings. The van der Waals surface area contributed by atoms with Gasteiger partial charge in [-0.3, -0.25) is 0 Å². The quantitative estimate of drug-likeness (QED) is 0.760. The van der Waals surface area contributed by atoms with Crippen molar-refractivity contribution in [1.82, 2.24) is 4.31 Å². The van der Waals surface area contributed by atoms with Crippen molar-refractivity contribution in [3.05, 3.63) is 27.7 Å². The number of likely N-dealkylation sites (N-methyl/N-ethyl adjacent to an activating group) is 1. The molecule has 1 aliphatic heterocycles. The summed E-state index contributed by atoms with van der Waals surface area (Å²) in [6.07, 6.45) is 0.508. The Morgan fingerprint density at radius 3 is 2.52 bits per heavy atom. The van der Waals surface area contributed by atoms with Gasteiger partial charge in [-0.15, -0.1) is 11.6 Å². The van der Waals surface area contributed by atoms with Crippen LogP contribution in [0.15, 0.2) is 17.0 Å². The first-order valence-electron chi connectivity index (χ1n) is 6.42. The molecule has 0 spiro atoms. The highest BCUT2D eigenvalue weighted by Crippen LogP contribution is 2.33. The number of alkyl halides is 1. The largest absolute Gasteiger partial charge is 0.377 e. The zero-order chi connectivity index (χ0) is 15.8. The van der Waals surface area contributed by atoms with Crippen molar-refractivity contribution >= 4 is 44.8 Å². The van der Waals surface area contributed by atoms with Gasteiger partial charge in [-0.25, -0.2) is 8.42 Å². The van der Waals surface area contributed by atoms with Crippen molar-refractivity contribution in [3.8, 4) is 0 Å². The van der Waals surface area contributed by atoms with Gasteiger partial charge >= 0.3 is 0 Å². The van der Waals surface area contributed by atoms with Crippen LogP contribution in [-0.4, -0.2) is 38.5 Å². The van der Waals surface area contributed by atoms with Gasteiger partial charge in [0.2, 0.25) is 10.0 Å². The number of hydrogen-bond donors (Lipinski definition) is 0. The zero-order valence-corrected chi connectivity index (χ0v) is 14.7. The molecule has 8 heteroatoms. The van der Waals surface area contributed by atoms with Gasteiger partial charge in [0, 0.05) is 24.6 Å². The molecule has 4 nitrogen and oxygen atoms in total. The topological polar surface area (TPSA) is 46.6 Å². The smallest absolute Gasteiger partial charge is 0.244 e. The van der Waals surface area contributed by atoms with Gasteiger partial charge in [0.25, 0.3) is 0 Å². The van der Waals surface area contributed by atoms with Gasteiger partial charge in [-0.2, -0.15) is 4.31 Å². The molecule has 0 N–H and O–H groups in total. The van der Waals surface area contributed by atoms with Crippen LogP contribution in [0.3, 0.4) is 0 Å². The molecule has 2 atom stereocenters. The lowest BCUT2D eigenvalue weighted by Crippen LogP contribution is -2.41. The molecular formula is C13H16Cl3NO3S. The third-order valence-corrected chi connectivity index (χ3v) is 6.69. The lowest BCUT2D eigenvalue weighted by Gasteiger charge is -2.26. The summed E-state index contributed by atoms with van der Waals surface area (Å²) in [5.74, 6) is 0.116. The Hall–Kier alpha value is -0.0400. The summed E-state index contributed by atoms with van der Waals surface area (Å²) >= 11 is 17.8. The van der Waals surface area contributed by atoms with Crippen LogP contribution >= 0.6 is 34.8 Å².